The van der Waals surface area contributed by atoms with Crippen LogP contribution in [0, 0.1) is 0 Å². The van der Waals surface area contributed by atoms with Gasteiger partial charge in [0.25, 0.3) is 0 Å². The summed E-state index contributed by atoms with van der Waals surface area (Å²) in [6.07, 6.45) is -3.91. The van der Waals surface area contributed by atoms with Gasteiger partial charge in [-0.2, -0.15) is 13.2 Å². The lowest BCUT2D eigenvalue weighted by molar-refractivity contribution is -0.136. The number of anilines is 1. The van der Waals surface area contributed by atoms with Crippen LogP contribution < -0.4 is 10.2 Å². The van der Waals surface area contributed by atoms with E-state index in [0.717, 1.165) is 18.4 Å². The highest BCUT2D eigenvalue weighted by atomic mass is 32.2. The second-order valence-electron chi connectivity index (χ2n) is 6.77. The summed E-state index contributed by atoms with van der Waals surface area (Å²) >= 11 is 0. The summed E-state index contributed by atoms with van der Waals surface area (Å²) in [5.41, 5.74) is -2.66. The molecule has 0 amide bonds. The van der Waals surface area contributed by atoms with Gasteiger partial charge in [0.2, 0.25) is 10.0 Å². The molecule has 1 saturated heterocycles. The monoisotopic (exact) mass is 365 g/mol. The minimum atomic E-state index is -4.69. The SMILES string of the molecule is CC1(C)OB(c2ccc(C(F)(F)F)c(NS(C)(=O)=O)c2)OC1(C)C. The normalized spacial score (nSPS) is 20.2. The van der Waals surface area contributed by atoms with Crippen molar-refractivity contribution in [2.24, 2.45) is 0 Å². The highest BCUT2D eigenvalue weighted by Crippen LogP contribution is 2.38. The van der Waals surface area contributed by atoms with Crippen LogP contribution in [0.1, 0.15) is 33.3 Å². The van der Waals surface area contributed by atoms with Gasteiger partial charge in [-0.15, -0.1) is 0 Å². The highest BCUT2D eigenvalue weighted by molar-refractivity contribution is 7.92. The fourth-order valence-electron chi connectivity index (χ4n) is 2.22. The summed E-state index contributed by atoms with van der Waals surface area (Å²) in [6.45, 7) is 7.25. The molecule has 0 aromatic heterocycles. The maximum Gasteiger partial charge on any atom is 0.494 e. The molecule has 134 valence electrons. The Bertz CT molecular complexity index is 731. The topological polar surface area (TPSA) is 64.6 Å². The van der Waals surface area contributed by atoms with Crippen molar-refractivity contribution in [2.75, 3.05) is 11.0 Å². The van der Waals surface area contributed by atoms with Crippen LogP contribution in [0.25, 0.3) is 0 Å². The number of alkyl halides is 3. The maximum atomic E-state index is 13.1. The largest absolute Gasteiger partial charge is 0.494 e. The molecule has 0 radical (unpaired) electrons. The van der Waals surface area contributed by atoms with Crippen LogP contribution in [-0.4, -0.2) is 33.0 Å². The smallest absolute Gasteiger partial charge is 0.399 e. The van der Waals surface area contributed by atoms with Crippen LogP contribution in [0.2, 0.25) is 0 Å². The van der Waals surface area contributed by atoms with Gasteiger partial charge in [-0.25, -0.2) is 8.42 Å². The summed E-state index contributed by atoms with van der Waals surface area (Å²) in [7, 11) is -4.77. The molecule has 1 aliphatic heterocycles. The summed E-state index contributed by atoms with van der Waals surface area (Å²) in [6, 6.07) is 3.12. The first kappa shape index (κ1) is 19.1. The molecule has 0 aliphatic carbocycles. The Morgan fingerprint density at radius 3 is 2.00 bits per heavy atom. The Balaban J connectivity index is 2.46. The third kappa shape index (κ3) is 3.86. The van der Waals surface area contributed by atoms with E-state index in [-0.39, 0.29) is 0 Å². The first-order valence-electron chi connectivity index (χ1n) is 7.17. The van der Waals surface area contributed by atoms with Crippen molar-refractivity contribution in [1.82, 2.24) is 0 Å². The minimum Gasteiger partial charge on any atom is -0.399 e. The van der Waals surface area contributed by atoms with Crippen molar-refractivity contribution in [1.29, 1.82) is 0 Å². The summed E-state index contributed by atoms with van der Waals surface area (Å²) in [5.74, 6) is 0. The number of benzene rings is 1. The molecule has 2 rings (SSSR count). The lowest BCUT2D eigenvalue weighted by atomic mass is 9.78. The predicted molar refractivity (Wildman–Crippen MR) is 85.6 cm³/mol. The number of halogens is 3. The van der Waals surface area contributed by atoms with Crippen molar-refractivity contribution in [3.63, 3.8) is 0 Å². The minimum absolute atomic E-state index is 0.299. The van der Waals surface area contributed by atoms with Crippen molar-refractivity contribution < 1.29 is 30.9 Å². The Labute approximate surface area is 139 Å². The molecule has 5 nitrogen and oxygen atoms in total. The molecular formula is C14H19BF3NO4S. The first-order chi connectivity index (χ1) is 10.6. The third-order valence-corrected chi connectivity index (χ3v) is 4.76. The highest BCUT2D eigenvalue weighted by Gasteiger charge is 2.52. The number of sulfonamides is 1. The molecule has 1 aromatic rings. The molecule has 1 aliphatic rings. The standard InChI is InChI=1S/C14H19BF3NO4S/c1-12(2)13(3,4)23-15(22-12)9-6-7-10(14(16,17)18)11(8-9)19-24(5,20)21/h6-8,19H,1-5H3. The fraction of sp³-hybridized carbons (Fsp3) is 0.571. The van der Waals surface area contributed by atoms with Gasteiger partial charge in [-0.3, -0.25) is 4.72 Å². The van der Waals surface area contributed by atoms with Gasteiger partial charge in [-0.1, -0.05) is 6.07 Å². The Morgan fingerprint density at radius 1 is 1.08 bits per heavy atom. The average molecular weight is 365 g/mol. The number of hydrogen-bond donors (Lipinski definition) is 1. The number of hydrogen-bond acceptors (Lipinski definition) is 4. The van der Waals surface area contributed by atoms with E-state index < -0.39 is 45.8 Å². The van der Waals surface area contributed by atoms with Gasteiger partial charge in [0.05, 0.1) is 28.7 Å². The quantitative estimate of drug-likeness (QED) is 0.836. The maximum absolute atomic E-state index is 13.1. The van der Waals surface area contributed by atoms with Crippen molar-refractivity contribution >= 4 is 28.3 Å². The van der Waals surface area contributed by atoms with Crippen LogP contribution in [0.3, 0.4) is 0 Å². The Kier molecular flexibility index (Phi) is 4.48. The Morgan fingerprint density at radius 2 is 1.58 bits per heavy atom. The zero-order valence-electron chi connectivity index (χ0n) is 14.0. The summed E-state index contributed by atoms with van der Waals surface area (Å²) in [5, 5.41) is 0. The summed E-state index contributed by atoms with van der Waals surface area (Å²) < 4.78 is 75.5. The molecule has 1 fully saturated rings. The third-order valence-electron chi connectivity index (χ3n) is 4.17. The molecule has 0 bridgehead atoms. The van der Waals surface area contributed by atoms with Crippen molar-refractivity contribution in [3.8, 4) is 0 Å². The van der Waals surface area contributed by atoms with Crippen molar-refractivity contribution in [2.45, 2.75) is 45.1 Å². The fourth-order valence-corrected chi connectivity index (χ4v) is 2.79. The lowest BCUT2D eigenvalue weighted by Gasteiger charge is -2.32. The van der Waals surface area contributed by atoms with Gasteiger partial charge >= 0.3 is 13.3 Å². The van der Waals surface area contributed by atoms with E-state index in [4.69, 9.17) is 9.31 Å². The predicted octanol–water partition coefficient (Wildman–Crippen LogP) is 2.38. The molecule has 24 heavy (non-hydrogen) atoms. The van der Waals surface area contributed by atoms with E-state index in [1.54, 1.807) is 0 Å². The molecule has 0 saturated carbocycles. The second kappa shape index (κ2) is 5.64. The average Bonchev–Trinajstić information content (AvgIpc) is 2.54. The van der Waals surface area contributed by atoms with Gasteiger partial charge in [-0.05, 0) is 45.3 Å². The van der Waals surface area contributed by atoms with Gasteiger partial charge in [0.15, 0.2) is 0 Å². The lowest BCUT2D eigenvalue weighted by Crippen LogP contribution is -2.41. The molecule has 0 unspecified atom stereocenters. The van der Waals surface area contributed by atoms with Crippen LogP contribution in [0.4, 0.5) is 18.9 Å². The van der Waals surface area contributed by atoms with Crippen LogP contribution in [0.5, 0.6) is 0 Å². The van der Waals surface area contributed by atoms with Crippen LogP contribution in [0.15, 0.2) is 18.2 Å². The second-order valence-corrected chi connectivity index (χ2v) is 8.51. The van der Waals surface area contributed by atoms with E-state index >= 15 is 0 Å². The molecule has 1 heterocycles. The molecule has 1 aromatic carbocycles. The first-order valence-corrected chi connectivity index (χ1v) is 9.06. The van der Waals surface area contributed by atoms with E-state index in [9.17, 15) is 21.6 Å². The van der Waals surface area contributed by atoms with Crippen molar-refractivity contribution in [3.05, 3.63) is 23.8 Å². The van der Waals surface area contributed by atoms with Crippen LogP contribution in [-0.2, 0) is 25.5 Å². The van der Waals surface area contributed by atoms with E-state index in [1.807, 2.05) is 32.4 Å². The Hall–Kier alpha value is -1.26. The molecule has 0 spiro atoms. The van der Waals surface area contributed by atoms with Crippen LogP contribution >= 0.6 is 0 Å². The molecule has 10 heteroatoms. The van der Waals surface area contributed by atoms with E-state index in [0.29, 0.717) is 5.46 Å². The van der Waals surface area contributed by atoms with Gasteiger partial charge in [0.1, 0.15) is 0 Å². The zero-order chi connectivity index (χ0) is 18.6. The zero-order valence-corrected chi connectivity index (χ0v) is 14.8. The summed E-state index contributed by atoms with van der Waals surface area (Å²) in [4.78, 5) is 0. The van der Waals surface area contributed by atoms with Gasteiger partial charge in [0, 0.05) is 0 Å². The number of nitrogens with one attached hydrogen (secondary N) is 1. The molecule has 0 atom stereocenters. The van der Waals surface area contributed by atoms with E-state index in [2.05, 4.69) is 0 Å². The number of rotatable bonds is 3. The molecular weight excluding hydrogens is 346 g/mol. The molecule has 1 N–H and O–H groups in total. The van der Waals surface area contributed by atoms with E-state index in [1.165, 1.54) is 6.07 Å². The van der Waals surface area contributed by atoms with Gasteiger partial charge < -0.3 is 9.31 Å².